The predicted octanol–water partition coefficient (Wildman–Crippen LogP) is 18.9. The van der Waals surface area contributed by atoms with Crippen molar-refractivity contribution in [2.75, 3.05) is 31.0 Å². The maximum Gasteiger partial charge on any atom is 0.256 e. The van der Waals surface area contributed by atoms with Gasteiger partial charge in [0.15, 0.2) is 0 Å². The number of benzene rings is 11. The number of hydrogen-bond acceptors (Lipinski definition) is 6. The van der Waals surface area contributed by atoms with Crippen LogP contribution >= 0.6 is 0 Å². The molecule has 0 amide bonds. The Morgan fingerprint density at radius 3 is 1.25 bits per heavy atom. The Morgan fingerprint density at radius 2 is 0.742 bits per heavy atom. The standard InChI is InChI=1S/C85H81B2N5O/c1-82(2,3)55-33-41-61(42-34-55)89(62-43-35-56(36-44-62)83(4,5)6)65-51-74-78-75(52-65)92(60-26-17-14-18-27-60)81-67-28-23-49-88-73-50-66(90(63-45-37-57(38-46-63)84(7,8)9)64-47-39-58(40-48-64)85(10,11)12)53-77-79(73)87(69-30-20-22-32-76(69)93-77)70(80(67)88)54-71(81)86(78)68-29-19-21-31-72(68)91(74)59-24-15-13-16-25-59/h13-22,24-27,29-48,50-54H,23,28,49H2,1-12H3. The normalized spacial score (nSPS) is 14.3. The predicted molar refractivity (Wildman–Crippen MR) is 398 cm³/mol. The molecule has 0 bridgehead atoms. The van der Waals surface area contributed by atoms with Crippen LogP contribution in [0.2, 0.25) is 0 Å². The molecule has 16 rings (SSSR count). The molecule has 11 aromatic rings. The van der Waals surface area contributed by atoms with Crippen molar-refractivity contribution in [1.29, 1.82) is 0 Å². The fraction of sp³-hybridized carbons (Fsp3) is 0.224. The summed E-state index contributed by atoms with van der Waals surface area (Å²) in [5, 5.41) is 0. The third kappa shape index (κ3) is 9.68. The van der Waals surface area contributed by atoms with Gasteiger partial charge in [0.25, 0.3) is 13.4 Å². The second kappa shape index (κ2) is 21.5. The van der Waals surface area contributed by atoms with Gasteiger partial charge in [0.2, 0.25) is 0 Å². The highest BCUT2D eigenvalue weighted by Gasteiger charge is 2.50. The molecule has 0 saturated carbocycles. The highest BCUT2D eigenvalue weighted by Crippen LogP contribution is 2.53. The first-order chi connectivity index (χ1) is 44.7. The van der Waals surface area contributed by atoms with Gasteiger partial charge in [-0.05, 0) is 198 Å². The van der Waals surface area contributed by atoms with Gasteiger partial charge in [-0.1, -0.05) is 210 Å². The lowest BCUT2D eigenvalue weighted by Gasteiger charge is -2.49. The van der Waals surface area contributed by atoms with Crippen LogP contribution in [-0.4, -0.2) is 20.0 Å². The monoisotopic (exact) mass is 1210 g/mol. The Hall–Kier alpha value is -9.65. The zero-order chi connectivity index (χ0) is 64.0. The van der Waals surface area contributed by atoms with E-state index in [2.05, 4.69) is 344 Å². The van der Waals surface area contributed by atoms with Gasteiger partial charge in [-0.15, -0.1) is 0 Å². The Morgan fingerprint density at radius 1 is 0.333 bits per heavy atom. The zero-order valence-corrected chi connectivity index (χ0v) is 55.9. The summed E-state index contributed by atoms with van der Waals surface area (Å²) in [4.78, 5) is 12.9. The molecule has 5 heterocycles. The molecular weight excluding hydrogens is 1130 g/mol. The molecule has 0 spiro atoms. The highest BCUT2D eigenvalue weighted by molar-refractivity contribution is 7.02. The third-order valence-electron chi connectivity index (χ3n) is 20.4. The van der Waals surface area contributed by atoms with Crippen molar-refractivity contribution in [3.63, 3.8) is 0 Å². The fourth-order valence-electron chi connectivity index (χ4n) is 15.6. The third-order valence-corrected chi connectivity index (χ3v) is 20.4. The van der Waals surface area contributed by atoms with Crippen LogP contribution in [0.25, 0.3) is 0 Å². The van der Waals surface area contributed by atoms with Crippen LogP contribution in [0, 0.1) is 0 Å². The lowest BCUT2D eigenvalue weighted by Crippen LogP contribution is -2.65. The largest absolute Gasteiger partial charge is 0.458 e. The summed E-state index contributed by atoms with van der Waals surface area (Å²) in [5.74, 6) is 1.81. The van der Waals surface area contributed by atoms with E-state index >= 15 is 0 Å². The fourth-order valence-corrected chi connectivity index (χ4v) is 15.6. The molecule has 5 aliphatic rings. The van der Waals surface area contributed by atoms with E-state index in [0.29, 0.717) is 0 Å². The average molecular weight is 1210 g/mol. The van der Waals surface area contributed by atoms with Crippen LogP contribution < -0.4 is 62.0 Å². The summed E-state index contributed by atoms with van der Waals surface area (Å²) >= 11 is 0. The van der Waals surface area contributed by atoms with Crippen molar-refractivity contribution in [3.05, 3.63) is 264 Å². The van der Waals surface area contributed by atoms with E-state index in [4.69, 9.17) is 4.74 Å². The van der Waals surface area contributed by atoms with Crippen molar-refractivity contribution < 1.29 is 4.74 Å². The van der Waals surface area contributed by atoms with E-state index in [0.717, 1.165) is 76.4 Å². The molecule has 0 saturated heterocycles. The summed E-state index contributed by atoms with van der Waals surface area (Å²) in [5.41, 5.74) is 30.5. The quantitative estimate of drug-likeness (QED) is 0.141. The number of nitrogens with zero attached hydrogens (tertiary/aromatic N) is 5. The number of anilines is 14. The van der Waals surface area contributed by atoms with Crippen LogP contribution in [0.15, 0.2) is 237 Å². The first-order valence-corrected chi connectivity index (χ1v) is 33.6. The zero-order valence-electron chi connectivity index (χ0n) is 55.9. The number of ether oxygens (including phenoxy) is 1. The summed E-state index contributed by atoms with van der Waals surface area (Å²) in [6.07, 6.45) is 1.90. The maximum absolute atomic E-state index is 7.34. The summed E-state index contributed by atoms with van der Waals surface area (Å²) in [6.45, 7) is 28.2. The van der Waals surface area contributed by atoms with Crippen molar-refractivity contribution in [2.45, 2.75) is 118 Å². The lowest BCUT2D eigenvalue weighted by atomic mass is 9.30. The number of rotatable bonds is 8. The van der Waals surface area contributed by atoms with Gasteiger partial charge in [0.05, 0.1) is 11.4 Å². The summed E-state index contributed by atoms with van der Waals surface area (Å²) in [7, 11) is 0. The summed E-state index contributed by atoms with van der Waals surface area (Å²) in [6, 6.07) is 90.0. The van der Waals surface area contributed by atoms with E-state index in [1.54, 1.807) is 0 Å². The maximum atomic E-state index is 7.34. The van der Waals surface area contributed by atoms with Gasteiger partial charge in [-0.25, -0.2) is 0 Å². The van der Waals surface area contributed by atoms with Gasteiger partial charge < -0.3 is 29.2 Å². The smallest absolute Gasteiger partial charge is 0.256 e. The van der Waals surface area contributed by atoms with Crippen LogP contribution in [0.3, 0.4) is 0 Å². The topological polar surface area (TPSA) is 25.4 Å². The molecule has 93 heavy (non-hydrogen) atoms. The Kier molecular flexibility index (Phi) is 13.5. The van der Waals surface area contributed by atoms with Gasteiger partial charge >= 0.3 is 0 Å². The second-order valence-corrected chi connectivity index (χ2v) is 30.5. The van der Waals surface area contributed by atoms with Crippen molar-refractivity contribution in [3.8, 4) is 11.5 Å². The molecule has 458 valence electrons. The SMILES string of the molecule is CC(C)(C)c1ccc(N(c2ccc(C(C)(C)C)cc2)c2cc3c4c(c2)N2CCCc5c2c(cc2c5N(c5ccccc5)c5cc(N(c6ccc(C(C)(C)C)cc6)c6ccc(C(C)(C)C)cc6)cc6c5B2c2ccccc2N6c2ccccc2)B4c2ccccc2O3)cc1. The van der Waals surface area contributed by atoms with E-state index in [1.807, 2.05) is 0 Å². The Labute approximate surface area is 551 Å². The number of para-hydroxylation sites is 4. The Bertz CT molecular complexity index is 4610. The van der Waals surface area contributed by atoms with Gasteiger partial charge in [0, 0.05) is 80.9 Å². The van der Waals surface area contributed by atoms with E-state index < -0.39 is 0 Å². The summed E-state index contributed by atoms with van der Waals surface area (Å²) < 4.78 is 7.34. The van der Waals surface area contributed by atoms with Crippen molar-refractivity contribution >= 4 is 126 Å². The minimum absolute atomic E-state index is 0.00627. The van der Waals surface area contributed by atoms with Gasteiger partial charge in [-0.3, -0.25) is 0 Å². The number of hydrogen-bond donors (Lipinski definition) is 0. The van der Waals surface area contributed by atoms with Gasteiger partial charge in [0.1, 0.15) is 11.5 Å². The van der Waals surface area contributed by atoms with Crippen LogP contribution in [0.1, 0.15) is 117 Å². The first kappa shape index (κ1) is 58.4. The molecule has 0 unspecified atom stereocenters. The molecule has 0 fully saturated rings. The minimum Gasteiger partial charge on any atom is -0.458 e. The molecule has 0 N–H and O–H groups in total. The van der Waals surface area contributed by atoms with E-state index in [9.17, 15) is 0 Å². The molecule has 8 heteroatoms. The lowest BCUT2D eigenvalue weighted by molar-refractivity contribution is 0.487. The molecule has 6 nitrogen and oxygen atoms in total. The van der Waals surface area contributed by atoms with Crippen LogP contribution in [-0.2, 0) is 28.1 Å². The Balaban J connectivity index is 0.969. The van der Waals surface area contributed by atoms with Crippen molar-refractivity contribution in [2.24, 2.45) is 0 Å². The average Bonchev–Trinajstić information content (AvgIpc) is 0.681. The number of fused-ring (bicyclic) bond motifs is 9. The molecular formula is C85H81B2N5O. The molecule has 0 radical (unpaired) electrons. The van der Waals surface area contributed by atoms with E-state index in [1.165, 1.54) is 94.7 Å². The van der Waals surface area contributed by atoms with Crippen LogP contribution in [0.5, 0.6) is 11.5 Å². The molecule has 0 aromatic heterocycles. The molecule has 5 aliphatic heterocycles. The van der Waals surface area contributed by atoms with Crippen molar-refractivity contribution in [1.82, 2.24) is 0 Å². The molecule has 0 aliphatic carbocycles. The van der Waals surface area contributed by atoms with E-state index in [-0.39, 0.29) is 35.1 Å². The minimum atomic E-state index is -0.112. The highest BCUT2D eigenvalue weighted by atomic mass is 16.5. The second-order valence-electron chi connectivity index (χ2n) is 30.5. The van der Waals surface area contributed by atoms with Crippen LogP contribution in [0.4, 0.5) is 79.6 Å². The molecule has 11 aromatic carbocycles. The first-order valence-electron chi connectivity index (χ1n) is 33.6. The van der Waals surface area contributed by atoms with Gasteiger partial charge in [-0.2, -0.15) is 0 Å². The molecule has 0 atom stereocenters.